The standard InChI is InChI=1S/C14H16ClNO5/c1-14(2,3)16(6-11(17)18)13(19)8-4-9(15)12-10(5-8)20-7-21-12/h4-5H,6-7H2,1-3H3,(H,17,18). The summed E-state index contributed by atoms with van der Waals surface area (Å²) in [6.45, 7) is 4.95. The smallest absolute Gasteiger partial charge is 0.323 e. The normalized spacial score (nSPS) is 13.1. The number of amides is 1. The van der Waals surface area contributed by atoms with Gasteiger partial charge in [-0.05, 0) is 32.9 Å². The number of hydrogen-bond acceptors (Lipinski definition) is 4. The van der Waals surface area contributed by atoms with Crippen LogP contribution in [0.3, 0.4) is 0 Å². The van der Waals surface area contributed by atoms with E-state index in [2.05, 4.69) is 0 Å². The first-order chi connectivity index (χ1) is 9.70. The molecule has 0 unspecified atom stereocenters. The second kappa shape index (κ2) is 5.44. The first-order valence-electron chi connectivity index (χ1n) is 6.33. The minimum atomic E-state index is -1.08. The molecular formula is C14H16ClNO5. The maximum absolute atomic E-state index is 12.6. The van der Waals surface area contributed by atoms with E-state index >= 15 is 0 Å². The van der Waals surface area contributed by atoms with Crippen molar-refractivity contribution in [3.63, 3.8) is 0 Å². The third-order valence-electron chi connectivity index (χ3n) is 3.02. The van der Waals surface area contributed by atoms with Gasteiger partial charge in [-0.15, -0.1) is 0 Å². The van der Waals surface area contributed by atoms with Crippen LogP contribution in [0.1, 0.15) is 31.1 Å². The summed E-state index contributed by atoms with van der Waals surface area (Å²) in [6.07, 6.45) is 0. The van der Waals surface area contributed by atoms with Crippen LogP contribution in [-0.2, 0) is 4.79 Å². The van der Waals surface area contributed by atoms with Crippen molar-refractivity contribution in [2.45, 2.75) is 26.3 Å². The number of carboxylic acid groups (broad SMARTS) is 1. The van der Waals surface area contributed by atoms with Crippen LogP contribution in [-0.4, -0.2) is 40.8 Å². The lowest BCUT2D eigenvalue weighted by Crippen LogP contribution is -2.48. The van der Waals surface area contributed by atoms with E-state index in [-0.39, 0.29) is 17.4 Å². The van der Waals surface area contributed by atoms with Gasteiger partial charge in [0.05, 0.1) is 5.02 Å². The molecule has 0 radical (unpaired) electrons. The predicted molar refractivity (Wildman–Crippen MR) is 76.0 cm³/mol. The molecule has 1 aromatic carbocycles. The van der Waals surface area contributed by atoms with Crippen LogP contribution in [0.25, 0.3) is 0 Å². The number of halogens is 1. The lowest BCUT2D eigenvalue weighted by molar-refractivity contribution is -0.138. The van der Waals surface area contributed by atoms with Crippen LogP contribution in [0.2, 0.25) is 5.02 Å². The highest BCUT2D eigenvalue weighted by Gasteiger charge is 2.31. The third-order valence-corrected chi connectivity index (χ3v) is 3.30. The average molecular weight is 314 g/mol. The molecule has 7 heteroatoms. The molecule has 114 valence electrons. The zero-order valence-corrected chi connectivity index (χ0v) is 12.7. The Balaban J connectivity index is 2.37. The highest BCUT2D eigenvalue weighted by Crippen LogP contribution is 2.40. The van der Waals surface area contributed by atoms with Gasteiger partial charge in [0, 0.05) is 11.1 Å². The Labute approximate surface area is 127 Å². The Hall–Kier alpha value is -1.95. The molecule has 1 aliphatic rings. The highest BCUT2D eigenvalue weighted by atomic mass is 35.5. The molecule has 1 N–H and O–H groups in total. The summed E-state index contributed by atoms with van der Waals surface area (Å²) in [5.74, 6) is -0.723. The Morgan fingerprint density at radius 2 is 2.00 bits per heavy atom. The molecule has 0 aromatic heterocycles. The lowest BCUT2D eigenvalue weighted by atomic mass is 10.0. The molecule has 0 bridgehead atoms. The number of carbonyl (C=O) groups is 2. The maximum atomic E-state index is 12.6. The van der Waals surface area contributed by atoms with Gasteiger partial charge in [0.25, 0.3) is 5.91 Å². The Kier molecular flexibility index (Phi) is 4.00. The number of nitrogens with zero attached hydrogens (tertiary/aromatic N) is 1. The second-order valence-corrected chi connectivity index (χ2v) is 6.05. The summed E-state index contributed by atoms with van der Waals surface area (Å²) in [4.78, 5) is 24.8. The van der Waals surface area contributed by atoms with E-state index in [1.54, 1.807) is 20.8 Å². The molecule has 0 atom stereocenters. The van der Waals surface area contributed by atoms with Gasteiger partial charge in [-0.1, -0.05) is 11.6 Å². The van der Waals surface area contributed by atoms with Crippen molar-refractivity contribution in [1.82, 2.24) is 4.90 Å². The molecule has 1 aromatic rings. The summed E-state index contributed by atoms with van der Waals surface area (Å²) in [5.41, 5.74) is -0.376. The minimum Gasteiger partial charge on any atom is -0.480 e. The van der Waals surface area contributed by atoms with Crippen LogP contribution in [0.15, 0.2) is 12.1 Å². The van der Waals surface area contributed by atoms with Gasteiger partial charge >= 0.3 is 5.97 Å². The highest BCUT2D eigenvalue weighted by molar-refractivity contribution is 6.32. The molecule has 21 heavy (non-hydrogen) atoms. The summed E-state index contributed by atoms with van der Waals surface area (Å²) in [5, 5.41) is 9.25. The van der Waals surface area contributed by atoms with Gasteiger partial charge < -0.3 is 19.5 Å². The van der Waals surface area contributed by atoms with Gasteiger partial charge in [0.1, 0.15) is 6.54 Å². The van der Waals surface area contributed by atoms with Gasteiger partial charge in [-0.3, -0.25) is 9.59 Å². The first kappa shape index (κ1) is 15.4. The number of ether oxygens (including phenoxy) is 2. The van der Waals surface area contributed by atoms with Crippen molar-refractivity contribution in [1.29, 1.82) is 0 Å². The number of aliphatic carboxylic acids is 1. The SMILES string of the molecule is CC(C)(C)N(CC(=O)O)C(=O)c1cc(Cl)c2c(c1)OCO2. The lowest BCUT2D eigenvalue weighted by Gasteiger charge is -2.34. The quantitative estimate of drug-likeness (QED) is 0.927. The van der Waals surface area contributed by atoms with E-state index < -0.39 is 24.0 Å². The molecule has 1 amide bonds. The molecule has 0 spiro atoms. The van der Waals surface area contributed by atoms with Gasteiger partial charge in [0.15, 0.2) is 11.5 Å². The van der Waals surface area contributed by atoms with Crippen LogP contribution < -0.4 is 9.47 Å². The van der Waals surface area contributed by atoms with Crippen molar-refractivity contribution in [2.24, 2.45) is 0 Å². The molecule has 0 aliphatic carbocycles. The number of carbonyl (C=O) groups excluding carboxylic acids is 1. The molecule has 6 nitrogen and oxygen atoms in total. The van der Waals surface area contributed by atoms with Crippen molar-refractivity contribution in [3.8, 4) is 11.5 Å². The van der Waals surface area contributed by atoms with Gasteiger partial charge in [-0.2, -0.15) is 0 Å². The molecule has 1 heterocycles. The summed E-state index contributed by atoms with van der Waals surface area (Å²) in [7, 11) is 0. The molecule has 1 aliphatic heterocycles. The fraction of sp³-hybridized carbons (Fsp3) is 0.429. The zero-order chi connectivity index (χ0) is 15.8. The fourth-order valence-electron chi connectivity index (χ4n) is 2.00. The maximum Gasteiger partial charge on any atom is 0.323 e. The zero-order valence-electron chi connectivity index (χ0n) is 12.0. The second-order valence-electron chi connectivity index (χ2n) is 5.65. The number of hydrogen-bond donors (Lipinski definition) is 1. The summed E-state index contributed by atoms with van der Waals surface area (Å²) in [6, 6.07) is 2.97. The van der Waals surface area contributed by atoms with Crippen LogP contribution in [0.5, 0.6) is 11.5 Å². The van der Waals surface area contributed by atoms with E-state index in [1.165, 1.54) is 17.0 Å². The van der Waals surface area contributed by atoms with Crippen molar-refractivity contribution in [2.75, 3.05) is 13.3 Å². The van der Waals surface area contributed by atoms with Crippen molar-refractivity contribution >= 4 is 23.5 Å². The largest absolute Gasteiger partial charge is 0.480 e. The molecular weight excluding hydrogens is 298 g/mol. The number of carboxylic acids is 1. The van der Waals surface area contributed by atoms with Crippen molar-refractivity contribution in [3.05, 3.63) is 22.7 Å². The van der Waals surface area contributed by atoms with E-state index in [9.17, 15) is 9.59 Å². The summed E-state index contributed by atoms with van der Waals surface area (Å²) >= 11 is 6.05. The average Bonchev–Trinajstić information content (AvgIpc) is 2.82. The summed E-state index contributed by atoms with van der Waals surface area (Å²) < 4.78 is 10.4. The van der Waals surface area contributed by atoms with E-state index in [0.717, 1.165) is 0 Å². The predicted octanol–water partition coefficient (Wildman–Crippen LogP) is 2.39. The van der Waals surface area contributed by atoms with Gasteiger partial charge in [-0.25, -0.2) is 0 Å². The topological polar surface area (TPSA) is 76.1 Å². The van der Waals surface area contributed by atoms with E-state index in [0.29, 0.717) is 11.5 Å². The fourth-order valence-corrected chi connectivity index (χ4v) is 2.26. The van der Waals surface area contributed by atoms with Gasteiger partial charge in [0.2, 0.25) is 6.79 Å². The van der Waals surface area contributed by atoms with E-state index in [4.69, 9.17) is 26.2 Å². The number of fused-ring (bicyclic) bond motifs is 1. The van der Waals surface area contributed by atoms with Crippen LogP contribution in [0.4, 0.5) is 0 Å². The Bertz CT molecular complexity index is 594. The molecule has 0 fully saturated rings. The van der Waals surface area contributed by atoms with Crippen LogP contribution >= 0.6 is 11.6 Å². The Morgan fingerprint density at radius 3 is 2.57 bits per heavy atom. The first-order valence-corrected chi connectivity index (χ1v) is 6.71. The number of benzene rings is 1. The van der Waals surface area contributed by atoms with E-state index in [1.807, 2.05) is 0 Å². The van der Waals surface area contributed by atoms with Crippen molar-refractivity contribution < 1.29 is 24.2 Å². The molecule has 0 saturated heterocycles. The molecule has 2 rings (SSSR count). The van der Waals surface area contributed by atoms with Crippen LogP contribution in [0, 0.1) is 0 Å². The minimum absolute atomic E-state index is 0.0464. The number of rotatable bonds is 3. The third kappa shape index (κ3) is 3.21. The molecule has 0 saturated carbocycles. The monoisotopic (exact) mass is 313 g/mol. The Morgan fingerprint density at radius 1 is 1.33 bits per heavy atom.